The van der Waals surface area contributed by atoms with E-state index in [1.54, 1.807) is 0 Å². The van der Waals surface area contributed by atoms with Gasteiger partial charge in [0.25, 0.3) is 0 Å². The van der Waals surface area contributed by atoms with Crippen LogP contribution < -0.4 is 0 Å². The molecule has 0 saturated heterocycles. The van der Waals surface area contributed by atoms with Gasteiger partial charge < -0.3 is 9.72 Å². The summed E-state index contributed by atoms with van der Waals surface area (Å²) < 4.78 is 5.00. The second kappa shape index (κ2) is 6.96. The average molecular weight is 337 g/mol. The minimum absolute atomic E-state index is 0.141. The summed E-state index contributed by atoms with van der Waals surface area (Å²) in [4.78, 5) is 15.8. The average Bonchev–Trinajstić information content (AvgIpc) is 3.04. The smallest absolute Gasteiger partial charge is 0.306 e. The monoisotopic (exact) mass is 337 g/mol. The zero-order chi connectivity index (χ0) is 18.0. The maximum atomic E-state index is 12.1. The highest BCUT2D eigenvalue weighted by Gasteiger charge is 2.42. The number of benzene rings is 1. The third-order valence-electron chi connectivity index (χ3n) is 6.00. The van der Waals surface area contributed by atoms with Crippen molar-refractivity contribution < 1.29 is 9.53 Å². The highest BCUT2D eigenvalue weighted by molar-refractivity contribution is 5.89. The number of nitrogens with one attached hydrogen (secondary N) is 1. The first-order valence-corrected chi connectivity index (χ1v) is 9.24. The van der Waals surface area contributed by atoms with Gasteiger partial charge in [-0.1, -0.05) is 32.0 Å². The Morgan fingerprint density at radius 1 is 1.44 bits per heavy atom. The number of hydrogen-bond acceptors (Lipinski definition) is 2. The summed E-state index contributed by atoms with van der Waals surface area (Å²) in [6.45, 7) is 4.34. The Morgan fingerprint density at radius 2 is 2.24 bits per heavy atom. The van der Waals surface area contributed by atoms with Gasteiger partial charge in [0.2, 0.25) is 0 Å². The molecule has 3 heteroatoms. The van der Waals surface area contributed by atoms with Gasteiger partial charge in [-0.15, -0.1) is 12.3 Å². The number of H-pyrrole nitrogens is 1. The van der Waals surface area contributed by atoms with Crippen LogP contribution in [0.4, 0.5) is 0 Å². The highest BCUT2D eigenvalue weighted by atomic mass is 16.5. The van der Waals surface area contributed by atoms with E-state index in [-0.39, 0.29) is 11.4 Å². The number of aromatic nitrogens is 1. The van der Waals surface area contributed by atoms with E-state index >= 15 is 0 Å². The van der Waals surface area contributed by atoms with Gasteiger partial charge in [0, 0.05) is 28.4 Å². The van der Waals surface area contributed by atoms with E-state index < -0.39 is 0 Å². The number of aryl methyl sites for hydroxylation is 1. The molecule has 0 fully saturated rings. The molecule has 25 heavy (non-hydrogen) atoms. The van der Waals surface area contributed by atoms with E-state index in [2.05, 4.69) is 43.0 Å². The summed E-state index contributed by atoms with van der Waals surface area (Å²) in [5.74, 6) is 3.07. The first kappa shape index (κ1) is 17.6. The van der Waals surface area contributed by atoms with Crippen molar-refractivity contribution in [1.29, 1.82) is 0 Å². The molecular weight excluding hydrogens is 310 g/mol. The van der Waals surface area contributed by atoms with Crippen molar-refractivity contribution >= 4 is 16.9 Å². The van der Waals surface area contributed by atoms with Crippen LogP contribution >= 0.6 is 0 Å². The zero-order valence-electron chi connectivity index (χ0n) is 15.4. The number of hydrogen-bond donors (Lipinski definition) is 1. The van der Waals surface area contributed by atoms with Crippen LogP contribution in [0.3, 0.4) is 0 Å². The van der Waals surface area contributed by atoms with Crippen LogP contribution in [0.5, 0.6) is 0 Å². The first-order valence-electron chi connectivity index (χ1n) is 9.24. The van der Waals surface area contributed by atoms with Gasteiger partial charge in [0.1, 0.15) is 0 Å². The number of ether oxygens (including phenoxy) is 1. The van der Waals surface area contributed by atoms with Crippen molar-refractivity contribution in [3.63, 3.8) is 0 Å². The fourth-order valence-electron chi connectivity index (χ4n) is 4.51. The van der Waals surface area contributed by atoms with Crippen molar-refractivity contribution in [3.05, 3.63) is 35.0 Å². The standard InChI is InChI=1S/C22H27NO2/c1-5-9-16-12-13-22(7-3,14-18(24)25-4)21-19(16)17-11-8-10-15(6-2)20(17)23-21/h1,8,10-11,16,23H,6-7,9,12-14H2,2-4H3. The normalized spacial score (nSPS) is 22.4. The fourth-order valence-corrected chi connectivity index (χ4v) is 4.51. The lowest BCUT2D eigenvalue weighted by atomic mass is 9.65. The van der Waals surface area contributed by atoms with Crippen molar-refractivity contribution in [2.45, 2.75) is 63.7 Å². The lowest BCUT2D eigenvalue weighted by molar-refractivity contribution is -0.142. The molecule has 1 heterocycles. The van der Waals surface area contributed by atoms with E-state index in [0.29, 0.717) is 12.3 Å². The Balaban J connectivity index is 2.25. The summed E-state index contributed by atoms with van der Waals surface area (Å²) in [5, 5.41) is 1.27. The molecular formula is C22H27NO2. The van der Waals surface area contributed by atoms with E-state index in [0.717, 1.165) is 32.1 Å². The SMILES string of the molecule is C#CCC1CCC(CC)(CC(=O)OC)c2[nH]c3c(CC)cccc3c21. The van der Waals surface area contributed by atoms with Crippen molar-refractivity contribution in [1.82, 2.24) is 4.98 Å². The van der Waals surface area contributed by atoms with E-state index in [9.17, 15) is 4.79 Å². The van der Waals surface area contributed by atoms with Crippen molar-refractivity contribution in [2.24, 2.45) is 0 Å². The second-order valence-electron chi connectivity index (χ2n) is 7.14. The molecule has 2 aromatic rings. The minimum atomic E-state index is -0.183. The Morgan fingerprint density at radius 3 is 2.88 bits per heavy atom. The van der Waals surface area contributed by atoms with Crippen LogP contribution in [0, 0.1) is 12.3 Å². The molecule has 1 aromatic carbocycles. The van der Waals surface area contributed by atoms with Gasteiger partial charge in [0.15, 0.2) is 0 Å². The first-order chi connectivity index (χ1) is 12.1. The summed E-state index contributed by atoms with van der Waals surface area (Å²) in [6, 6.07) is 6.50. The van der Waals surface area contributed by atoms with Crippen LogP contribution in [-0.4, -0.2) is 18.1 Å². The third kappa shape index (κ3) is 2.84. The third-order valence-corrected chi connectivity index (χ3v) is 6.00. The van der Waals surface area contributed by atoms with Gasteiger partial charge in [-0.3, -0.25) is 4.79 Å². The number of terminal acetylenes is 1. The molecule has 0 spiro atoms. The Labute approximate surface area is 150 Å². The summed E-state index contributed by atoms with van der Waals surface area (Å²) >= 11 is 0. The Kier molecular flexibility index (Phi) is 4.90. The van der Waals surface area contributed by atoms with E-state index in [1.165, 1.54) is 34.8 Å². The summed E-state index contributed by atoms with van der Waals surface area (Å²) in [5.41, 5.74) is 4.89. The molecule has 3 rings (SSSR count). The molecule has 0 amide bonds. The summed E-state index contributed by atoms with van der Waals surface area (Å²) in [6.07, 6.45) is 10.7. The minimum Gasteiger partial charge on any atom is -0.469 e. The molecule has 132 valence electrons. The molecule has 0 radical (unpaired) electrons. The lowest BCUT2D eigenvalue weighted by Gasteiger charge is -2.39. The molecule has 2 unspecified atom stereocenters. The van der Waals surface area contributed by atoms with Crippen LogP contribution in [0.2, 0.25) is 0 Å². The molecule has 0 saturated carbocycles. The number of rotatable bonds is 5. The number of fused-ring (bicyclic) bond motifs is 3. The zero-order valence-corrected chi connectivity index (χ0v) is 15.4. The largest absolute Gasteiger partial charge is 0.469 e. The molecule has 3 nitrogen and oxygen atoms in total. The number of carbonyl (C=O) groups excluding carboxylic acids is 1. The molecule has 0 aliphatic heterocycles. The Bertz CT molecular complexity index is 826. The van der Waals surface area contributed by atoms with Gasteiger partial charge in [0.05, 0.1) is 13.5 Å². The van der Waals surface area contributed by atoms with Crippen LogP contribution in [0.25, 0.3) is 10.9 Å². The van der Waals surface area contributed by atoms with Gasteiger partial charge in [-0.25, -0.2) is 0 Å². The number of methoxy groups -OCH3 is 1. The van der Waals surface area contributed by atoms with Gasteiger partial charge in [-0.05, 0) is 42.7 Å². The Hall–Kier alpha value is -2.21. The van der Waals surface area contributed by atoms with Crippen molar-refractivity contribution in [2.75, 3.05) is 7.11 Å². The van der Waals surface area contributed by atoms with E-state index in [4.69, 9.17) is 11.2 Å². The van der Waals surface area contributed by atoms with Crippen molar-refractivity contribution in [3.8, 4) is 12.3 Å². The maximum absolute atomic E-state index is 12.1. The lowest BCUT2D eigenvalue weighted by Crippen LogP contribution is -2.34. The molecule has 1 aromatic heterocycles. The second-order valence-corrected chi connectivity index (χ2v) is 7.14. The predicted molar refractivity (Wildman–Crippen MR) is 102 cm³/mol. The van der Waals surface area contributed by atoms with E-state index in [1.807, 2.05) is 0 Å². The number of esters is 1. The highest BCUT2D eigenvalue weighted by Crippen LogP contribution is 2.50. The van der Waals surface area contributed by atoms with Crippen LogP contribution in [0.15, 0.2) is 18.2 Å². The number of para-hydroxylation sites is 1. The van der Waals surface area contributed by atoms with Crippen LogP contribution in [-0.2, 0) is 21.4 Å². The molecule has 1 aliphatic rings. The quantitative estimate of drug-likeness (QED) is 0.626. The molecule has 1 aliphatic carbocycles. The van der Waals surface area contributed by atoms with Gasteiger partial charge in [-0.2, -0.15) is 0 Å². The summed E-state index contributed by atoms with van der Waals surface area (Å²) in [7, 11) is 1.47. The topological polar surface area (TPSA) is 42.1 Å². The fraction of sp³-hybridized carbons (Fsp3) is 0.500. The van der Waals surface area contributed by atoms with Gasteiger partial charge >= 0.3 is 5.97 Å². The molecule has 0 bridgehead atoms. The number of carbonyl (C=O) groups is 1. The molecule has 1 N–H and O–H groups in total. The van der Waals surface area contributed by atoms with Crippen LogP contribution in [0.1, 0.15) is 68.7 Å². The molecule has 2 atom stereocenters. The number of aromatic amines is 1. The predicted octanol–water partition coefficient (Wildman–Crippen LogP) is 4.84. The maximum Gasteiger partial charge on any atom is 0.306 e.